The van der Waals surface area contributed by atoms with E-state index in [1.807, 2.05) is 19.1 Å². The smallest absolute Gasteiger partial charge is 0.268 e. The second-order valence-corrected chi connectivity index (χ2v) is 5.48. The van der Waals surface area contributed by atoms with E-state index in [0.29, 0.717) is 17.1 Å². The lowest BCUT2D eigenvalue weighted by Gasteiger charge is -2.11. The van der Waals surface area contributed by atoms with Crippen LogP contribution in [-0.2, 0) is 4.79 Å². The summed E-state index contributed by atoms with van der Waals surface area (Å²) >= 11 is 6.16. The predicted octanol–water partition coefficient (Wildman–Crippen LogP) is 3.42. The average molecular weight is 331 g/mol. The molecule has 1 aromatic carbocycles. The Morgan fingerprint density at radius 2 is 1.96 bits per heavy atom. The van der Waals surface area contributed by atoms with Crippen molar-refractivity contribution in [3.05, 3.63) is 69.6 Å². The van der Waals surface area contributed by atoms with Crippen molar-refractivity contribution < 1.29 is 4.79 Å². The van der Waals surface area contributed by atoms with Crippen LogP contribution in [0, 0.1) is 0 Å². The molecule has 0 aliphatic carbocycles. The number of pyridine rings is 1. The van der Waals surface area contributed by atoms with Gasteiger partial charge in [0, 0.05) is 23.8 Å². The van der Waals surface area contributed by atoms with Crippen LogP contribution < -0.4 is 10.9 Å². The van der Waals surface area contributed by atoms with E-state index in [-0.39, 0.29) is 17.2 Å². The van der Waals surface area contributed by atoms with Crippen molar-refractivity contribution >= 4 is 29.3 Å². The van der Waals surface area contributed by atoms with Gasteiger partial charge in [0.2, 0.25) is 0 Å². The normalized spacial score (nSPS) is 11.3. The fourth-order valence-corrected chi connectivity index (χ4v) is 2.27. The first-order chi connectivity index (χ1) is 11.1. The largest absolute Gasteiger partial charge is 0.351 e. The summed E-state index contributed by atoms with van der Waals surface area (Å²) in [7, 11) is 0. The number of halogens is 1. The van der Waals surface area contributed by atoms with Crippen molar-refractivity contribution in [2.45, 2.75) is 19.8 Å². The lowest BCUT2D eigenvalue weighted by atomic mass is 10.1. The van der Waals surface area contributed by atoms with Crippen LogP contribution in [0.25, 0.3) is 11.8 Å². The molecule has 1 aromatic heterocycles. The van der Waals surface area contributed by atoms with E-state index in [0.717, 1.165) is 12.8 Å². The van der Waals surface area contributed by atoms with E-state index in [2.05, 4.69) is 5.32 Å². The van der Waals surface area contributed by atoms with Gasteiger partial charge in [-0.2, -0.15) is 0 Å². The minimum atomic E-state index is -0.299. The fraction of sp³-hybridized carbons (Fsp3) is 0.222. The number of hydrogen-bond acceptors (Lipinski definition) is 2. The summed E-state index contributed by atoms with van der Waals surface area (Å²) in [4.78, 5) is 24.6. The molecule has 0 aliphatic heterocycles. The number of unbranched alkanes of at least 4 members (excludes halogenated alkanes) is 1. The molecule has 0 radical (unpaired) electrons. The molecular formula is C18H19ClN2O2. The summed E-state index contributed by atoms with van der Waals surface area (Å²) in [6.07, 6.45) is 5.07. The van der Waals surface area contributed by atoms with Crippen molar-refractivity contribution in [1.82, 2.24) is 9.88 Å². The molecule has 0 bridgehead atoms. The summed E-state index contributed by atoms with van der Waals surface area (Å²) in [5.74, 6) is -0.299. The maximum absolute atomic E-state index is 12.5. The molecule has 0 unspecified atom stereocenters. The Balaban J connectivity index is 2.44. The monoisotopic (exact) mass is 330 g/mol. The summed E-state index contributed by atoms with van der Waals surface area (Å²) < 4.78 is 1.32. The van der Waals surface area contributed by atoms with Gasteiger partial charge in [0.1, 0.15) is 5.70 Å². The minimum absolute atomic E-state index is 0.250. The Bertz CT molecular complexity index is 765. The van der Waals surface area contributed by atoms with Crippen LogP contribution in [0.2, 0.25) is 5.02 Å². The maximum atomic E-state index is 12.5. The number of hydrogen-bond donors (Lipinski definition) is 1. The number of carbonyl (C=O) groups is 1. The van der Waals surface area contributed by atoms with E-state index < -0.39 is 0 Å². The third-order valence-corrected chi connectivity index (χ3v) is 3.67. The molecule has 2 aromatic rings. The number of benzene rings is 1. The molecule has 5 heteroatoms. The highest BCUT2D eigenvalue weighted by molar-refractivity contribution is 6.32. The maximum Gasteiger partial charge on any atom is 0.268 e. The summed E-state index contributed by atoms with van der Waals surface area (Å²) in [6.45, 7) is 2.62. The van der Waals surface area contributed by atoms with Gasteiger partial charge in [-0.3, -0.25) is 14.2 Å². The van der Waals surface area contributed by atoms with Gasteiger partial charge in [0.05, 0.1) is 0 Å². The quantitative estimate of drug-likeness (QED) is 0.651. The van der Waals surface area contributed by atoms with Crippen molar-refractivity contribution in [2.24, 2.45) is 0 Å². The standard InChI is InChI=1S/C18H19ClN2O2/c1-2-3-11-20-18(23)16(21-12-7-6-10-17(21)22)13-14-8-4-5-9-15(14)19/h4-10,12-13H,2-3,11H2,1H3,(H,20,23)/b16-13+. The third kappa shape index (κ3) is 4.57. The van der Waals surface area contributed by atoms with E-state index in [1.165, 1.54) is 10.6 Å². The lowest BCUT2D eigenvalue weighted by Crippen LogP contribution is -2.31. The lowest BCUT2D eigenvalue weighted by molar-refractivity contribution is -0.115. The number of aromatic nitrogens is 1. The van der Waals surface area contributed by atoms with Crippen molar-refractivity contribution in [3.63, 3.8) is 0 Å². The molecule has 2 rings (SSSR count). The highest BCUT2D eigenvalue weighted by Gasteiger charge is 2.13. The van der Waals surface area contributed by atoms with Crippen LogP contribution in [0.4, 0.5) is 0 Å². The number of nitrogens with one attached hydrogen (secondary N) is 1. The van der Waals surface area contributed by atoms with Gasteiger partial charge in [-0.25, -0.2) is 0 Å². The highest BCUT2D eigenvalue weighted by atomic mass is 35.5. The Morgan fingerprint density at radius 3 is 2.65 bits per heavy atom. The Hall–Kier alpha value is -2.33. The second kappa shape index (κ2) is 8.34. The molecule has 0 fully saturated rings. The molecule has 1 N–H and O–H groups in total. The van der Waals surface area contributed by atoms with Gasteiger partial charge < -0.3 is 5.32 Å². The topological polar surface area (TPSA) is 51.1 Å². The van der Waals surface area contributed by atoms with Crippen LogP contribution >= 0.6 is 11.6 Å². The first-order valence-corrected chi connectivity index (χ1v) is 7.93. The Labute approximate surface area is 140 Å². The highest BCUT2D eigenvalue weighted by Crippen LogP contribution is 2.19. The van der Waals surface area contributed by atoms with Crippen LogP contribution in [-0.4, -0.2) is 17.0 Å². The Kier molecular flexibility index (Phi) is 6.18. The number of rotatable bonds is 6. The molecule has 0 aliphatic rings. The molecule has 4 nitrogen and oxygen atoms in total. The SMILES string of the molecule is CCCCNC(=O)/C(=C\c1ccccc1Cl)n1ccccc1=O. The molecule has 0 saturated carbocycles. The van der Waals surface area contributed by atoms with Gasteiger partial charge >= 0.3 is 0 Å². The van der Waals surface area contributed by atoms with E-state index >= 15 is 0 Å². The van der Waals surface area contributed by atoms with Crippen LogP contribution in [0.3, 0.4) is 0 Å². The number of amides is 1. The van der Waals surface area contributed by atoms with Gasteiger partial charge in [-0.15, -0.1) is 0 Å². The average Bonchev–Trinajstić information content (AvgIpc) is 2.55. The predicted molar refractivity (Wildman–Crippen MR) is 94.2 cm³/mol. The van der Waals surface area contributed by atoms with Crippen LogP contribution in [0.5, 0.6) is 0 Å². The number of carbonyl (C=O) groups excluding carboxylic acids is 1. The van der Waals surface area contributed by atoms with Gasteiger partial charge in [0.25, 0.3) is 11.5 Å². The molecule has 0 spiro atoms. The van der Waals surface area contributed by atoms with Crippen molar-refractivity contribution in [3.8, 4) is 0 Å². The van der Waals surface area contributed by atoms with E-state index in [9.17, 15) is 9.59 Å². The van der Waals surface area contributed by atoms with Gasteiger partial charge in [0.15, 0.2) is 0 Å². The van der Waals surface area contributed by atoms with Crippen LogP contribution in [0.15, 0.2) is 53.5 Å². The minimum Gasteiger partial charge on any atom is -0.351 e. The zero-order chi connectivity index (χ0) is 16.7. The fourth-order valence-electron chi connectivity index (χ4n) is 2.08. The van der Waals surface area contributed by atoms with Gasteiger partial charge in [-0.05, 0) is 30.2 Å². The molecule has 0 saturated heterocycles. The van der Waals surface area contributed by atoms with Crippen LogP contribution in [0.1, 0.15) is 25.3 Å². The Morgan fingerprint density at radius 1 is 1.22 bits per heavy atom. The third-order valence-electron chi connectivity index (χ3n) is 3.33. The molecule has 0 atom stereocenters. The summed E-state index contributed by atoms with van der Waals surface area (Å²) in [5, 5.41) is 3.36. The zero-order valence-corrected chi connectivity index (χ0v) is 13.7. The summed E-state index contributed by atoms with van der Waals surface area (Å²) in [6, 6.07) is 12.0. The number of nitrogens with zero attached hydrogens (tertiary/aromatic N) is 1. The first kappa shape index (κ1) is 17.0. The molecular weight excluding hydrogens is 312 g/mol. The second-order valence-electron chi connectivity index (χ2n) is 5.07. The summed E-state index contributed by atoms with van der Waals surface area (Å²) in [5.41, 5.74) is 0.668. The van der Waals surface area contributed by atoms with E-state index in [1.54, 1.807) is 36.5 Å². The molecule has 120 valence electrons. The van der Waals surface area contributed by atoms with Crippen molar-refractivity contribution in [1.29, 1.82) is 0 Å². The van der Waals surface area contributed by atoms with Gasteiger partial charge in [-0.1, -0.05) is 49.2 Å². The molecule has 23 heavy (non-hydrogen) atoms. The van der Waals surface area contributed by atoms with Crippen molar-refractivity contribution in [2.75, 3.05) is 6.54 Å². The molecule has 1 heterocycles. The van der Waals surface area contributed by atoms with E-state index in [4.69, 9.17) is 11.6 Å². The molecule has 1 amide bonds. The zero-order valence-electron chi connectivity index (χ0n) is 13.0. The first-order valence-electron chi connectivity index (χ1n) is 7.56.